The van der Waals surface area contributed by atoms with Gasteiger partial charge in [0, 0.05) is 0 Å². The van der Waals surface area contributed by atoms with E-state index < -0.39 is 10.0 Å². The Morgan fingerprint density at radius 1 is 1.05 bits per heavy atom. The Morgan fingerprint density at radius 3 is 2.45 bits per heavy atom. The van der Waals surface area contributed by atoms with E-state index in [1.165, 1.54) is 30.3 Å². The summed E-state index contributed by atoms with van der Waals surface area (Å²) in [7, 11) is -3.92. The molecule has 0 aromatic heterocycles. The summed E-state index contributed by atoms with van der Waals surface area (Å²) in [6.07, 6.45) is 0. The Bertz CT molecular complexity index is 798. The van der Waals surface area contributed by atoms with Gasteiger partial charge in [-0.05, 0) is 24.3 Å². The van der Waals surface area contributed by atoms with E-state index in [0.717, 1.165) is 0 Å². The van der Waals surface area contributed by atoms with E-state index in [9.17, 15) is 8.42 Å². The van der Waals surface area contributed by atoms with Gasteiger partial charge in [-0.3, -0.25) is 4.72 Å². The maximum atomic E-state index is 12.3. The highest BCUT2D eigenvalue weighted by Crippen LogP contribution is 2.30. The summed E-state index contributed by atoms with van der Waals surface area (Å²) < 4.78 is 26.9. The van der Waals surface area contributed by atoms with Gasteiger partial charge in [0.15, 0.2) is 0 Å². The molecule has 0 aliphatic heterocycles. The minimum Gasteiger partial charge on any atom is -0.278 e. The van der Waals surface area contributed by atoms with Crippen molar-refractivity contribution in [3.63, 3.8) is 0 Å². The third-order valence-electron chi connectivity index (χ3n) is 2.50. The van der Waals surface area contributed by atoms with Gasteiger partial charge < -0.3 is 0 Å². The zero-order chi connectivity index (χ0) is 14.8. The van der Waals surface area contributed by atoms with Crippen LogP contribution in [0.5, 0.6) is 0 Å². The summed E-state index contributed by atoms with van der Waals surface area (Å²) in [6, 6.07) is 12.5. The fraction of sp³-hybridized carbons (Fsp3) is 0. The van der Waals surface area contributed by atoms with Crippen molar-refractivity contribution >= 4 is 38.9 Å². The Hall–Kier alpha value is -1.74. The number of para-hydroxylation sites is 1. The van der Waals surface area contributed by atoms with Crippen LogP contribution in [0, 0.1) is 11.3 Å². The Labute approximate surface area is 126 Å². The molecule has 0 fully saturated rings. The number of halogens is 2. The molecule has 0 unspecified atom stereocenters. The molecule has 7 heteroatoms. The van der Waals surface area contributed by atoms with E-state index >= 15 is 0 Å². The van der Waals surface area contributed by atoms with Crippen molar-refractivity contribution in [2.45, 2.75) is 4.90 Å². The van der Waals surface area contributed by atoms with E-state index in [2.05, 4.69) is 4.72 Å². The molecule has 0 saturated carbocycles. The normalized spacial score (nSPS) is 10.8. The highest BCUT2D eigenvalue weighted by atomic mass is 35.5. The van der Waals surface area contributed by atoms with Gasteiger partial charge in [-0.25, -0.2) is 8.42 Å². The van der Waals surface area contributed by atoms with Gasteiger partial charge in [0.25, 0.3) is 10.0 Å². The first kappa shape index (κ1) is 14.7. The molecule has 2 aromatic carbocycles. The maximum absolute atomic E-state index is 12.3. The van der Waals surface area contributed by atoms with E-state index in [1.807, 2.05) is 6.07 Å². The first-order valence-electron chi connectivity index (χ1n) is 5.41. The van der Waals surface area contributed by atoms with Gasteiger partial charge in [-0.2, -0.15) is 5.26 Å². The van der Waals surface area contributed by atoms with Crippen molar-refractivity contribution in [1.29, 1.82) is 5.26 Å². The highest BCUT2D eigenvalue weighted by molar-refractivity contribution is 7.92. The number of sulfonamides is 1. The van der Waals surface area contributed by atoms with Crippen molar-refractivity contribution in [1.82, 2.24) is 0 Å². The number of benzene rings is 2. The van der Waals surface area contributed by atoms with Crippen LogP contribution in [0.4, 0.5) is 5.69 Å². The fourth-order valence-corrected chi connectivity index (χ4v) is 3.40. The first-order valence-corrected chi connectivity index (χ1v) is 7.65. The van der Waals surface area contributed by atoms with E-state index in [-0.39, 0.29) is 26.2 Å². The molecule has 2 aromatic rings. The predicted molar refractivity (Wildman–Crippen MR) is 78.4 cm³/mol. The van der Waals surface area contributed by atoms with Gasteiger partial charge in [0.2, 0.25) is 0 Å². The number of hydrogen-bond donors (Lipinski definition) is 1. The minimum absolute atomic E-state index is 0.0592. The van der Waals surface area contributed by atoms with Crippen molar-refractivity contribution in [2.24, 2.45) is 0 Å². The van der Waals surface area contributed by atoms with Crippen LogP contribution < -0.4 is 4.72 Å². The summed E-state index contributed by atoms with van der Waals surface area (Å²) in [4.78, 5) is -0.139. The second-order valence-electron chi connectivity index (χ2n) is 3.81. The third-order valence-corrected chi connectivity index (χ3v) is 4.84. The van der Waals surface area contributed by atoms with E-state index in [4.69, 9.17) is 28.5 Å². The summed E-state index contributed by atoms with van der Waals surface area (Å²) in [5.41, 5.74) is 0.403. The van der Waals surface area contributed by atoms with Crippen LogP contribution in [0.1, 0.15) is 5.56 Å². The second kappa shape index (κ2) is 5.71. The lowest BCUT2D eigenvalue weighted by Crippen LogP contribution is -2.14. The number of nitriles is 1. The van der Waals surface area contributed by atoms with E-state index in [0.29, 0.717) is 0 Å². The fourth-order valence-electron chi connectivity index (χ4n) is 1.56. The zero-order valence-corrected chi connectivity index (χ0v) is 12.3. The lowest BCUT2D eigenvalue weighted by atomic mass is 10.2. The average Bonchev–Trinajstić information content (AvgIpc) is 2.42. The van der Waals surface area contributed by atoms with Gasteiger partial charge in [-0.15, -0.1) is 0 Å². The minimum atomic E-state index is -3.92. The summed E-state index contributed by atoms with van der Waals surface area (Å²) in [5, 5.41) is 9.04. The summed E-state index contributed by atoms with van der Waals surface area (Å²) in [6.45, 7) is 0. The SMILES string of the molecule is N#Cc1ccccc1NS(=O)(=O)c1cccc(Cl)c1Cl. The van der Waals surface area contributed by atoms with Crippen LogP contribution >= 0.6 is 23.2 Å². The lowest BCUT2D eigenvalue weighted by molar-refractivity contribution is 0.601. The number of nitrogens with one attached hydrogen (secondary N) is 1. The van der Waals surface area contributed by atoms with Gasteiger partial charge in [0.05, 0.1) is 21.3 Å². The molecule has 1 N–H and O–H groups in total. The van der Waals surface area contributed by atoms with Crippen molar-refractivity contribution in [3.05, 3.63) is 58.1 Å². The quantitative estimate of drug-likeness (QED) is 0.935. The number of rotatable bonds is 3. The lowest BCUT2D eigenvalue weighted by Gasteiger charge is -2.11. The molecular formula is C13H8Cl2N2O2S. The summed E-state index contributed by atoms with van der Waals surface area (Å²) >= 11 is 11.7. The van der Waals surface area contributed by atoms with Crippen LogP contribution in [0.25, 0.3) is 0 Å². The smallest absolute Gasteiger partial charge is 0.263 e. The average molecular weight is 327 g/mol. The van der Waals surface area contributed by atoms with E-state index in [1.54, 1.807) is 12.1 Å². The molecule has 0 heterocycles. The first-order chi connectivity index (χ1) is 9.45. The Kier molecular flexibility index (Phi) is 4.19. The molecule has 0 spiro atoms. The topological polar surface area (TPSA) is 70.0 Å². The van der Waals surface area contributed by atoms with Crippen LogP contribution in [-0.4, -0.2) is 8.42 Å². The second-order valence-corrected chi connectivity index (χ2v) is 6.25. The molecule has 0 atom stereocenters. The highest BCUT2D eigenvalue weighted by Gasteiger charge is 2.20. The number of nitrogens with zero attached hydrogens (tertiary/aromatic N) is 1. The molecule has 102 valence electrons. The van der Waals surface area contributed by atoms with Crippen LogP contribution in [0.15, 0.2) is 47.4 Å². The van der Waals surface area contributed by atoms with Crippen LogP contribution in [-0.2, 0) is 10.0 Å². The standard InChI is InChI=1S/C13H8Cl2N2O2S/c14-10-5-3-7-12(13(10)15)20(18,19)17-11-6-2-1-4-9(11)8-16/h1-7,17H. The molecule has 0 amide bonds. The number of anilines is 1. The van der Waals surface area contributed by atoms with Crippen molar-refractivity contribution in [2.75, 3.05) is 4.72 Å². The molecule has 2 rings (SSSR count). The molecule has 4 nitrogen and oxygen atoms in total. The van der Waals surface area contributed by atoms with Gasteiger partial charge in [0.1, 0.15) is 11.0 Å². The molecule has 0 saturated heterocycles. The monoisotopic (exact) mass is 326 g/mol. The van der Waals surface area contributed by atoms with Crippen molar-refractivity contribution in [3.8, 4) is 6.07 Å². The molecule has 0 radical (unpaired) electrons. The van der Waals surface area contributed by atoms with Gasteiger partial charge >= 0.3 is 0 Å². The van der Waals surface area contributed by atoms with Crippen LogP contribution in [0.2, 0.25) is 10.0 Å². The van der Waals surface area contributed by atoms with Crippen LogP contribution in [0.3, 0.4) is 0 Å². The molecule has 0 bridgehead atoms. The third kappa shape index (κ3) is 2.88. The molecule has 0 aliphatic rings. The number of hydrogen-bond acceptors (Lipinski definition) is 3. The largest absolute Gasteiger partial charge is 0.278 e. The maximum Gasteiger partial charge on any atom is 0.263 e. The Morgan fingerprint density at radius 2 is 1.75 bits per heavy atom. The van der Waals surface area contributed by atoms with Gasteiger partial charge in [-0.1, -0.05) is 41.4 Å². The molecule has 0 aliphatic carbocycles. The predicted octanol–water partition coefficient (Wildman–Crippen LogP) is 3.67. The Balaban J connectivity index is 2.47. The molecular weight excluding hydrogens is 319 g/mol. The van der Waals surface area contributed by atoms with Crippen molar-refractivity contribution < 1.29 is 8.42 Å². The zero-order valence-electron chi connectivity index (χ0n) is 9.97. The molecule has 20 heavy (non-hydrogen) atoms. The summed E-state index contributed by atoms with van der Waals surface area (Å²) in [5.74, 6) is 0.